The van der Waals surface area contributed by atoms with E-state index < -0.39 is 6.10 Å². The van der Waals surface area contributed by atoms with E-state index in [4.69, 9.17) is 9.47 Å². The van der Waals surface area contributed by atoms with E-state index in [9.17, 15) is 5.11 Å². The molecule has 1 unspecified atom stereocenters. The summed E-state index contributed by atoms with van der Waals surface area (Å²) < 4.78 is 11.8. The number of hydrogen-bond donors (Lipinski definition) is 2. The molecule has 0 spiro atoms. The number of rotatable bonds is 7. The zero-order valence-corrected chi connectivity index (χ0v) is 13.4. The van der Waals surface area contributed by atoms with Gasteiger partial charge in [0.25, 0.3) is 0 Å². The summed E-state index contributed by atoms with van der Waals surface area (Å²) >= 11 is 3.41. The SMILES string of the molecule is COc1cc(NCC(O)COC2CCCC2)ccc1Br. The summed E-state index contributed by atoms with van der Waals surface area (Å²) in [6.07, 6.45) is 4.60. The van der Waals surface area contributed by atoms with Crippen molar-refractivity contribution in [2.24, 2.45) is 0 Å². The van der Waals surface area contributed by atoms with Crippen LogP contribution >= 0.6 is 15.9 Å². The van der Waals surface area contributed by atoms with Crippen LogP contribution in [-0.4, -0.2) is 37.6 Å². The fraction of sp³-hybridized carbons (Fsp3) is 0.600. The second kappa shape index (κ2) is 7.86. The lowest BCUT2D eigenvalue weighted by Gasteiger charge is -2.17. The highest BCUT2D eigenvalue weighted by atomic mass is 79.9. The van der Waals surface area contributed by atoms with Gasteiger partial charge in [-0.15, -0.1) is 0 Å². The van der Waals surface area contributed by atoms with Crippen molar-refractivity contribution in [1.29, 1.82) is 0 Å². The Labute approximate surface area is 128 Å². The van der Waals surface area contributed by atoms with E-state index in [1.54, 1.807) is 7.11 Å². The first-order valence-corrected chi connectivity index (χ1v) is 7.85. The number of anilines is 1. The van der Waals surface area contributed by atoms with Gasteiger partial charge in [0, 0.05) is 18.3 Å². The van der Waals surface area contributed by atoms with Crippen LogP contribution in [0.3, 0.4) is 0 Å². The molecule has 0 saturated heterocycles. The summed E-state index contributed by atoms with van der Waals surface area (Å²) in [5.74, 6) is 0.770. The average Bonchev–Trinajstić information content (AvgIpc) is 2.97. The minimum absolute atomic E-state index is 0.345. The largest absolute Gasteiger partial charge is 0.495 e. The molecule has 1 fully saturated rings. The molecule has 1 aliphatic carbocycles. The summed E-state index contributed by atoms with van der Waals surface area (Å²) in [4.78, 5) is 0. The van der Waals surface area contributed by atoms with Crippen LogP contribution in [0, 0.1) is 0 Å². The molecule has 1 saturated carbocycles. The number of aliphatic hydroxyl groups excluding tert-OH is 1. The van der Waals surface area contributed by atoms with E-state index in [1.165, 1.54) is 12.8 Å². The van der Waals surface area contributed by atoms with E-state index in [1.807, 2.05) is 18.2 Å². The number of hydrogen-bond acceptors (Lipinski definition) is 4. The predicted molar refractivity (Wildman–Crippen MR) is 83.4 cm³/mol. The fourth-order valence-corrected chi connectivity index (χ4v) is 2.78. The lowest BCUT2D eigenvalue weighted by atomic mass is 10.2. The molecule has 1 atom stereocenters. The topological polar surface area (TPSA) is 50.7 Å². The number of aliphatic hydroxyl groups is 1. The number of halogens is 1. The van der Waals surface area contributed by atoms with E-state index >= 15 is 0 Å². The predicted octanol–water partition coefficient (Wildman–Crippen LogP) is 3.19. The van der Waals surface area contributed by atoms with Gasteiger partial charge >= 0.3 is 0 Å². The van der Waals surface area contributed by atoms with Gasteiger partial charge in [-0.25, -0.2) is 0 Å². The van der Waals surface area contributed by atoms with Gasteiger partial charge < -0.3 is 19.9 Å². The Kier molecular flexibility index (Phi) is 6.13. The standard InChI is InChI=1S/C15H22BrNO3/c1-19-15-8-11(6-7-14(15)16)17-9-12(18)10-20-13-4-2-3-5-13/h6-8,12-13,17-18H,2-5,9-10H2,1H3. The van der Waals surface area contributed by atoms with Crippen LogP contribution in [0.1, 0.15) is 25.7 Å². The van der Waals surface area contributed by atoms with Crippen molar-refractivity contribution in [2.75, 3.05) is 25.6 Å². The average molecular weight is 344 g/mol. The Balaban J connectivity index is 1.73. The number of benzene rings is 1. The van der Waals surface area contributed by atoms with Gasteiger partial charge in [0.1, 0.15) is 5.75 Å². The zero-order valence-electron chi connectivity index (χ0n) is 11.8. The Morgan fingerprint density at radius 3 is 2.85 bits per heavy atom. The normalized spacial score (nSPS) is 17.1. The van der Waals surface area contributed by atoms with Gasteiger partial charge in [0.15, 0.2) is 0 Å². The summed E-state index contributed by atoms with van der Waals surface area (Å²) in [6, 6.07) is 5.76. The van der Waals surface area contributed by atoms with Gasteiger partial charge in [-0.1, -0.05) is 12.8 Å². The lowest BCUT2D eigenvalue weighted by molar-refractivity contribution is -0.00117. The van der Waals surface area contributed by atoms with E-state index in [2.05, 4.69) is 21.2 Å². The second-order valence-corrected chi connectivity index (χ2v) is 5.98. The van der Waals surface area contributed by atoms with Crippen LogP contribution < -0.4 is 10.1 Å². The third-order valence-corrected chi connectivity index (χ3v) is 4.17. The van der Waals surface area contributed by atoms with E-state index in [0.29, 0.717) is 19.3 Å². The third-order valence-electron chi connectivity index (χ3n) is 3.52. The van der Waals surface area contributed by atoms with E-state index in [0.717, 1.165) is 28.8 Å². The minimum Gasteiger partial charge on any atom is -0.495 e. The quantitative estimate of drug-likeness (QED) is 0.798. The molecule has 1 aromatic carbocycles. The summed E-state index contributed by atoms with van der Waals surface area (Å²) in [7, 11) is 1.63. The molecule has 2 N–H and O–H groups in total. The highest BCUT2D eigenvalue weighted by Crippen LogP contribution is 2.27. The van der Waals surface area contributed by atoms with E-state index in [-0.39, 0.29) is 0 Å². The molecule has 0 bridgehead atoms. The smallest absolute Gasteiger partial charge is 0.135 e. The lowest BCUT2D eigenvalue weighted by Crippen LogP contribution is -2.27. The Morgan fingerprint density at radius 2 is 2.15 bits per heavy atom. The third kappa shape index (κ3) is 4.65. The van der Waals surface area contributed by atoms with Crippen LogP contribution in [0.2, 0.25) is 0 Å². The highest BCUT2D eigenvalue weighted by molar-refractivity contribution is 9.10. The van der Waals surface area contributed by atoms with Gasteiger partial charge in [0.2, 0.25) is 0 Å². The maximum absolute atomic E-state index is 9.92. The van der Waals surface area contributed by atoms with Crippen LogP contribution in [0.15, 0.2) is 22.7 Å². The molecule has 0 radical (unpaired) electrons. The van der Waals surface area contributed by atoms with Crippen LogP contribution in [0.25, 0.3) is 0 Å². The first-order chi connectivity index (χ1) is 9.69. The number of ether oxygens (including phenoxy) is 2. The van der Waals surface area contributed by atoms with Crippen molar-refractivity contribution in [3.63, 3.8) is 0 Å². The van der Waals surface area contributed by atoms with Crippen molar-refractivity contribution < 1.29 is 14.6 Å². The molecule has 5 heteroatoms. The van der Waals surface area contributed by atoms with Crippen molar-refractivity contribution >= 4 is 21.6 Å². The van der Waals surface area contributed by atoms with Crippen LogP contribution in [-0.2, 0) is 4.74 Å². The maximum Gasteiger partial charge on any atom is 0.135 e. The van der Waals surface area contributed by atoms with Gasteiger partial charge in [-0.2, -0.15) is 0 Å². The molecule has 112 valence electrons. The summed E-state index contributed by atoms with van der Waals surface area (Å²) in [5, 5.41) is 13.1. The monoisotopic (exact) mass is 343 g/mol. The molecule has 0 aliphatic heterocycles. The molecule has 20 heavy (non-hydrogen) atoms. The zero-order chi connectivity index (χ0) is 14.4. The highest BCUT2D eigenvalue weighted by Gasteiger charge is 2.16. The minimum atomic E-state index is -0.495. The second-order valence-electron chi connectivity index (χ2n) is 5.12. The molecule has 2 rings (SSSR count). The Hall–Kier alpha value is -0.780. The Morgan fingerprint density at radius 1 is 1.40 bits per heavy atom. The van der Waals surface area contributed by atoms with Gasteiger partial charge in [-0.3, -0.25) is 0 Å². The van der Waals surface area contributed by atoms with Crippen molar-refractivity contribution in [2.45, 2.75) is 37.9 Å². The fourth-order valence-electron chi connectivity index (χ4n) is 2.37. The first-order valence-electron chi connectivity index (χ1n) is 7.06. The molecule has 1 aromatic rings. The molecule has 4 nitrogen and oxygen atoms in total. The van der Waals surface area contributed by atoms with Gasteiger partial charge in [-0.05, 0) is 40.9 Å². The molecule has 0 amide bonds. The number of methoxy groups -OCH3 is 1. The molecule has 0 heterocycles. The van der Waals surface area contributed by atoms with Gasteiger partial charge in [0.05, 0.1) is 30.4 Å². The molecular weight excluding hydrogens is 322 g/mol. The van der Waals surface area contributed by atoms with Crippen molar-refractivity contribution in [1.82, 2.24) is 0 Å². The first kappa shape index (κ1) is 15.6. The molecule has 1 aliphatic rings. The van der Waals surface area contributed by atoms with Crippen molar-refractivity contribution in [3.8, 4) is 5.75 Å². The van der Waals surface area contributed by atoms with Crippen molar-refractivity contribution in [3.05, 3.63) is 22.7 Å². The maximum atomic E-state index is 9.92. The van der Waals surface area contributed by atoms with Crippen LogP contribution in [0.5, 0.6) is 5.75 Å². The van der Waals surface area contributed by atoms with Crippen LogP contribution in [0.4, 0.5) is 5.69 Å². The number of nitrogens with one attached hydrogen (secondary N) is 1. The Bertz CT molecular complexity index is 422. The summed E-state index contributed by atoms with van der Waals surface area (Å²) in [6.45, 7) is 0.864. The summed E-state index contributed by atoms with van der Waals surface area (Å²) in [5.41, 5.74) is 0.921. The molecular formula is C15H22BrNO3. The molecule has 0 aromatic heterocycles.